The van der Waals surface area contributed by atoms with E-state index in [2.05, 4.69) is 14.6 Å². The fraction of sp³-hybridized carbons (Fsp3) is 0.375. The summed E-state index contributed by atoms with van der Waals surface area (Å²) in [6.45, 7) is 7.39. The lowest BCUT2D eigenvalue weighted by Crippen LogP contribution is -2.46. The van der Waals surface area contributed by atoms with Crippen LogP contribution >= 0.6 is 0 Å². The van der Waals surface area contributed by atoms with Crippen LogP contribution in [0.5, 0.6) is 5.75 Å². The van der Waals surface area contributed by atoms with Crippen molar-refractivity contribution in [3.05, 3.63) is 54.2 Å². The second-order valence-corrected chi connectivity index (χ2v) is 10.0. The number of anilines is 1. The molecule has 1 aromatic heterocycles. The number of halogens is 3. The molecule has 0 aliphatic carbocycles. The topological polar surface area (TPSA) is 62.7 Å². The highest BCUT2D eigenvalue weighted by atomic mass is 32.2. The molecule has 0 bridgehead atoms. The number of hydrogen-bond donors (Lipinski definition) is 0. The molecule has 0 spiro atoms. The Bertz CT molecular complexity index is 1270. The number of likely N-dealkylation sites (N-methyl/N-ethyl adjacent to an activating group) is 1. The Kier molecular flexibility index (Phi) is 6.73. The number of hydrogen-bond acceptors (Lipinski definition) is 6. The van der Waals surface area contributed by atoms with Crippen LogP contribution < -0.4 is 9.64 Å². The molecule has 1 aliphatic heterocycles. The van der Waals surface area contributed by atoms with Gasteiger partial charge in [0.25, 0.3) is 0 Å². The first kappa shape index (κ1) is 24.3. The molecule has 6 nitrogen and oxygen atoms in total. The Morgan fingerprint density at radius 3 is 2.26 bits per heavy atom. The lowest BCUT2D eigenvalue weighted by Gasteiger charge is -2.36. The average molecular weight is 494 g/mol. The molecule has 2 heterocycles. The molecule has 0 N–H and O–H groups in total. The van der Waals surface area contributed by atoms with Gasteiger partial charge in [-0.05, 0) is 48.9 Å². The molecule has 2 aromatic carbocycles. The number of pyridine rings is 1. The van der Waals surface area contributed by atoms with Crippen molar-refractivity contribution in [2.75, 3.05) is 37.6 Å². The lowest BCUT2D eigenvalue weighted by molar-refractivity contribution is -0.274. The van der Waals surface area contributed by atoms with Crippen LogP contribution in [0.1, 0.15) is 19.4 Å². The van der Waals surface area contributed by atoms with Gasteiger partial charge in [-0.2, -0.15) is 0 Å². The first-order valence-electron chi connectivity index (χ1n) is 11.1. The number of alkyl halides is 3. The number of sulfone groups is 1. The first-order valence-corrected chi connectivity index (χ1v) is 12.6. The summed E-state index contributed by atoms with van der Waals surface area (Å²) in [4.78, 5) is 8.51. The third-order valence-electron chi connectivity index (χ3n) is 6.08. The van der Waals surface area contributed by atoms with Crippen LogP contribution in [-0.4, -0.2) is 57.4 Å². The number of ether oxygens (including phenoxy) is 1. The maximum absolute atomic E-state index is 13.7. The Balaban J connectivity index is 1.89. The van der Waals surface area contributed by atoms with Crippen molar-refractivity contribution >= 4 is 26.4 Å². The highest BCUT2D eigenvalue weighted by Gasteiger charge is 2.32. The molecule has 3 aromatic rings. The van der Waals surface area contributed by atoms with Crippen LogP contribution in [0.2, 0.25) is 0 Å². The summed E-state index contributed by atoms with van der Waals surface area (Å²) in [5, 5.41) is 0.304. The van der Waals surface area contributed by atoms with Crippen molar-refractivity contribution in [2.24, 2.45) is 0 Å². The number of benzene rings is 2. The third kappa shape index (κ3) is 4.97. The summed E-state index contributed by atoms with van der Waals surface area (Å²) in [5.74, 6) is -0.419. The van der Waals surface area contributed by atoms with Crippen LogP contribution in [0.4, 0.5) is 18.9 Å². The number of aryl methyl sites for hydroxylation is 1. The van der Waals surface area contributed by atoms with Gasteiger partial charge in [-0.25, -0.2) is 8.42 Å². The van der Waals surface area contributed by atoms with E-state index >= 15 is 0 Å². The van der Waals surface area contributed by atoms with E-state index in [4.69, 9.17) is 0 Å². The minimum atomic E-state index is -4.86. The molecule has 0 unspecified atom stereocenters. The fourth-order valence-electron chi connectivity index (χ4n) is 4.18. The van der Waals surface area contributed by atoms with E-state index in [0.29, 0.717) is 42.8 Å². The minimum absolute atomic E-state index is 0.0293. The van der Waals surface area contributed by atoms with Gasteiger partial charge in [0.15, 0.2) is 0 Å². The zero-order valence-corrected chi connectivity index (χ0v) is 19.8. The predicted molar refractivity (Wildman–Crippen MR) is 124 cm³/mol. The maximum Gasteiger partial charge on any atom is 0.573 e. The molecule has 0 saturated carbocycles. The van der Waals surface area contributed by atoms with Crippen LogP contribution in [-0.2, 0) is 16.3 Å². The molecule has 0 amide bonds. The minimum Gasteiger partial charge on any atom is -0.406 e. The molecule has 10 heteroatoms. The smallest absolute Gasteiger partial charge is 0.406 e. The SMILES string of the molecule is CCc1ccc(S(=O)(=O)c2cnc3ccc(OC(F)(F)F)cc3c2N2CCN(CC)CC2)cc1. The van der Waals surface area contributed by atoms with Gasteiger partial charge in [-0.15, -0.1) is 13.2 Å². The fourth-order valence-corrected chi connectivity index (χ4v) is 5.61. The molecule has 0 radical (unpaired) electrons. The van der Waals surface area contributed by atoms with Gasteiger partial charge in [0.1, 0.15) is 10.6 Å². The molecule has 34 heavy (non-hydrogen) atoms. The van der Waals surface area contributed by atoms with Crippen molar-refractivity contribution in [1.29, 1.82) is 0 Å². The van der Waals surface area contributed by atoms with E-state index in [-0.39, 0.29) is 9.79 Å². The number of rotatable bonds is 6. The van der Waals surface area contributed by atoms with Gasteiger partial charge in [0.2, 0.25) is 9.84 Å². The van der Waals surface area contributed by atoms with E-state index in [1.807, 2.05) is 18.7 Å². The normalized spacial score (nSPS) is 15.6. The van der Waals surface area contributed by atoms with Crippen LogP contribution in [0.25, 0.3) is 10.9 Å². The molecule has 1 saturated heterocycles. The molecular formula is C24H26F3N3O3S. The predicted octanol–water partition coefficient (Wildman–Crippen LogP) is 4.67. The molecule has 1 fully saturated rings. The van der Waals surface area contributed by atoms with E-state index in [9.17, 15) is 21.6 Å². The van der Waals surface area contributed by atoms with Gasteiger partial charge in [-0.3, -0.25) is 4.98 Å². The van der Waals surface area contributed by atoms with E-state index in [1.165, 1.54) is 24.4 Å². The quantitative estimate of drug-likeness (QED) is 0.497. The van der Waals surface area contributed by atoms with E-state index in [0.717, 1.165) is 18.5 Å². The van der Waals surface area contributed by atoms with Gasteiger partial charge in [-0.1, -0.05) is 26.0 Å². The number of piperazine rings is 1. The molecule has 4 rings (SSSR count). The number of nitrogens with zero attached hydrogens (tertiary/aromatic N) is 3. The van der Waals surface area contributed by atoms with Crippen molar-refractivity contribution in [1.82, 2.24) is 9.88 Å². The van der Waals surface area contributed by atoms with Crippen molar-refractivity contribution < 1.29 is 26.3 Å². The standard InChI is InChI=1S/C24H26F3N3O3S/c1-3-17-5-8-19(9-6-17)34(31,32)22-16-28-21-10-7-18(33-24(25,26)27)15-20(21)23(22)30-13-11-29(4-2)12-14-30/h5-10,15-16H,3-4,11-14H2,1-2H3. The number of aromatic nitrogens is 1. The summed E-state index contributed by atoms with van der Waals surface area (Å²) < 4.78 is 70.1. The molecule has 0 atom stereocenters. The Morgan fingerprint density at radius 1 is 1.00 bits per heavy atom. The van der Waals surface area contributed by atoms with Crippen molar-refractivity contribution in [3.8, 4) is 5.75 Å². The first-order chi connectivity index (χ1) is 16.1. The molecular weight excluding hydrogens is 467 g/mol. The largest absolute Gasteiger partial charge is 0.573 e. The summed E-state index contributed by atoms with van der Waals surface area (Å²) in [7, 11) is -3.98. The summed E-state index contributed by atoms with van der Waals surface area (Å²) in [6.07, 6.45) is -2.79. The zero-order valence-electron chi connectivity index (χ0n) is 19.0. The van der Waals surface area contributed by atoms with E-state index in [1.54, 1.807) is 24.3 Å². The van der Waals surface area contributed by atoms with Crippen LogP contribution in [0.15, 0.2) is 58.5 Å². The van der Waals surface area contributed by atoms with Crippen molar-refractivity contribution in [3.63, 3.8) is 0 Å². The third-order valence-corrected chi connectivity index (χ3v) is 7.85. The van der Waals surface area contributed by atoms with Gasteiger partial charge in [0, 0.05) is 37.8 Å². The van der Waals surface area contributed by atoms with Gasteiger partial charge >= 0.3 is 6.36 Å². The Morgan fingerprint density at radius 2 is 1.68 bits per heavy atom. The second kappa shape index (κ2) is 9.42. The lowest BCUT2D eigenvalue weighted by atomic mass is 10.1. The maximum atomic E-state index is 13.7. The van der Waals surface area contributed by atoms with Gasteiger partial charge in [0.05, 0.1) is 16.1 Å². The molecule has 1 aliphatic rings. The van der Waals surface area contributed by atoms with Gasteiger partial charge < -0.3 is 14.5 Å². The summed E-state index contributed by atoms with van der Waals surface area (Å²) >= 11 is 0. The number of fused-ring (bicyclic) bond motifs is 1. The molecule has 182 valence electrons. The Labute approximate surface area is 196 Å². The average Bonchev–Trinajstić information content (AvgIpc) is 2.82. The van der Waals surface area contributed by atoms with Crippen LogP contribution in [0, 0.1) is 0 Å². The Hall–Kier alpha value is -2.85. The highest BCUT2D eigenvalue weighted by Crippen LogP contribution is 2.38. The second-order valence-electron chi connectivity index (χ2n) is 8.12. The summed E-state index contributed by atoms with van der Waals surface area (Å²) in [6, 6.07) is 10.4. The van der Waals surface area contributed by atoms with E-state index < -0.39 is 21.9 Å². The summed E-state index contributed by atoms with van der Waals surface area (Å²) in [5.41, 5.74) is 1.75. The highest BCUT2D eigenvalue weighted by molar-refractivity contribution is 7.91. The monoisotopic (exact) mass is 493 g/mol. The zero-order chi connectivity index (χ0) is 24.5. The van der Waals surface area contributed by atoms with Crippen LogP contribution in [0.3, 0.4) is 0 Å². The van der Waals surface area contributed by atoms with Crippen molar-refractivity contribution in [2.45, 2.75) is 36.4 Å².